The molecule has 4 nitrogen and oxygen atoms in total. The average Bonchev–Trinajstić information content (AvgIpc) is 2.87. The molecule has 0 aliphatic heterocycles. The van der Waals surface area contributed by atoms with Crippen molar-refractivity contribution < 1.29 is 4.52 Å². The van der Waals surface area contributed by atoms with Gasteiger partial charge in [-0.2, -0.15) is 4.98 Å². The molecule has 1 atom stereocenters. The van der Waals surface area contributed by atoms with Crippen LogP contribution in [0.2, 0.25) is 0 Å². The van der Waals surface area contributed by atoms with Gasteiger partial charge in [0.15, 0.2) is 5.82 Å². The van der Waals surface area contributed by atoms with Gasteiger partial charge in [-0.3, -0.25) is 0 Å². The van der Waals surface area contributed by atoms with Crippen LogP contribution < -0.4 is 5.32 Å². The van der Waals surface area contributed by atoms with Crippen LogP contribution in [0.4, 0.5) is 0 Å². The molecule has 1 unspecified atom stereocenters. The van der Waals surface area contributed by atoms with E-state index in [1.165, 1.54) is 51.3 Å². The lowest BCUT2D eigenvalue weighted by Gasteiger charge is -2.52. The minimum atomic E-state index is 0.648. The summed E-state index contributed by atoms with van der Waals surface area (Å²) in [5.74, 6) is 0.814. The lowest BCUT2D eigenvalue weighted by Crippen LogP contribution is -2.54. The van der Waals surface area contributed by atoms with Gasteiger partial charge in [0.1, 0.15) is 0 Å². The van der Waals surface area contributed by atoms with Gasteiger partial charge in [-0.25, -0.2) is 0 Å². The van der Waals surface area contributed by atoms with Crippen LogP contribution in [0.3, 0.4) is 0 Å². The van der Waals surface area contributed by atoms with Gasteiger partial charge in [-0.1, -0.05) is 24.4 Å². The molecule has 0 saturated heterocycles. The molecule has 0 aromatic carbocycles. The minimum absolute atomic E-state index is 0.648. The molecule has 1 aromatic rings. The molecule has 0 radical (unpaired) electrons. The zero-order valence-electron chi connectivity index (χ0n) is 10.3. The third-order valence-corrected chi connectivity index (χ3v) is 4.67. The summed E-state index contributed by atoms with van der Waals surface area (Å²) < 4.78 is 4.73. The van der Waals surface area contributed by atoms with Gasteiger partial charge in [0.2, 0.25) is 6.39 Å². The van der Waals surface area contributed by atoms with Gasteiger partial charge in [0.05, 0.1) is 0 Å². The molecule has 0 amide bonds. The van der Waals surface area contributed by atoms with Crippen molar-refractivity contribution in [3.05, 3.63) is 12.2 Å². The lowest BCUT2D eigenvalue weighted by molar-refractivity contribution is 0.0235. The molecule has 1 aromatic heterocycles. The van der Waals surface area contributed by atoms with Crippen LogP contribution in [0.15, 0.2) is 10.9 Å². The van der Waals surface area contributed by atoms with Crippen molar-refractivity contribution in [1.29, 1.82) is 0 Å². The Morgan fingerprint density at radius 3 is 2.82 bits per heavy atom. The van der Waals surface area contributed by atoms with E-state index < -0.39 is 0 Å². The SMILES string of the molecule is c1nc(CCNC2CCC23CCCCC3)no1. The van der Waals surface area contributed by atoms with Crippen molar-refractivity contribution in [2.45, 2.75) is 57.4 Å². The molecule has 1 spiro atoms. The van der Waals surface area contributed by atoms with Crippen molar-refractivity contribution in [3.63, 3.8) is 0 Å². The Morgan fingerprint density at radius 2 is 2.18 bits per heavy atom. The van der Waals surface area contributed by atoms with Crippen LogP contribution in [0.5, 0.6) is 0 Å². The van der Waals surface area contributed by atoms with Crippen LogP contribution in [-0.4, -0.2) is 22.7 Å². The minimum Gasteiger partial charge on any atom is -0.343 e. The second-order valence-electron chi connectivity index (χ2n) is 5.57. The summed E-state index contributed by atoms with van der Waals surface area (Å²) in [6.45, 7) is 0.978. The summed E-state index contributed by atoms with van der Waals surface area (Å²) in [5, 5.41) is 7.53. The van der Waals surface area contributed by atoms with E-state index in [4.69, 9.17) is 4.52 Å². The van der Waals surface area contributed by atoms with E-state index in [-0.39, 0.29) is 0 Å². The Labute approximate surface area is 102 Å². The van der Waals surface area contributed by atoms with E-state index in [1.54, 1.807) is 0 Å². The summed E-state index contributed by atoms with van der Waals surface area (Å²) in [6.07, 6.45) is 12.3. The molecule has 2 saturated carbocycles. The molecule has 3 rings (SSSR count). The molecular formula is C13H21N3O. The highest BCUT2D eigenvalue weighted by Crippen LogP contribution is 2.51. The molecule has 94 valence electrons. The Balaban J connectivity index is 1.46. The maximum absolute atomic E-state index is 4.73. The fourth-order valence-corrected chi connectivity index (χ4v) is 3.53. The van der Waals surface area contributed by atoms with Crippen LogP contribution >= 0.6 is 0 Å². The average molecular weight is 235 g/mol. The van der Waals surface area contributed by atoms with Crippen molar-refractivity contribution in [1.82, 2.24) is 15.5 Å². The monoisotopic (exact) mass is 235 g/mol. The van der Waals surface area contributed by atoms with Gasteiger partial charge in [0.25, 0.3) is 0 Å². The second kappa shape index (κ2) is 4.77. The van der Waals surface area contributed by atoms with Crippen LogP contribution in [0, 0.1) is 5.41 Å². The van der Waals surface area contributed by atoms with E-state index in [0.29, 0.717) is 5.41 Å². The molecule has 0 bridgehead atoms. The fourth-order valence-electron chi connectivity index (χ4n) is 3.53. The number of nitrogens with zero attached hydrogens (tertiary/aromatic N) is 2. The van der Waals surface area contributed by atoms with Crippen LogP contribution in [0.25, 0.3) is 0 Å². The topological polar surface area (TPSA) is 51.0 Å². The Hall–Kier alpha value is -0.900. The largest absolute Gasteiger partial charge is 0.343 e. The molecule has 2 aliphatic rings. The first-order chi connectivity index (χ1) is 8.39. The van der Waals surface area contributed by atoms with Crippen molar-refractivity contribution >= 4 is 0 Å². The summed E-state index contributed by atoms with van der Waals surface area (Å²) in [6, 6.07) is 0.745. The highest BCUT2D eigenvalue weighted by Gasteiger charge is 2.46. The number of hydrogen-bond acceptors (Lipinski definition) is 4. The van der Waals surface area contributed by atoms with E-state index >= 15 is 0 Å². The van der Waals surface area contributed by atoms with E-state index in [0.717, 1.165) is 24.8 Å². The highest BCUT2D eigenvalue weighted by molar-refractivity contribution is 5.01. The number of rotatable bonds is 4. The molecule has 1 N–H and O–H groups in total. The summed E-state index contributed by atoms with van der Waals surface area (Å²) in [7, 11) is 0. The Bertz CT molecular complexity index is 344. The van der Waals surface area contributed by atoms with E-state index in [2.05, 4.69) is 15.5 Å². The predicted octanol–water partition coefficient (Wildman–Crippen LogP) is 2.31. The molecule has 4 heteroatoms. The third-order valence-electron chi connectivity index (χ3n) is 4.67. The maximum atomic E-state index is 4.73. The second-order valence-corrected chi connectivity index (χ2v) is 5.57. The van der Waals surface area contributed by atoms with E-state index in [1.807, 2.05) is 0 Å². The van der Waals surface area contributed by atoms with Crippen LogP contribution in [-0.2, 0) is 6.42 Å². The molecule has 2 aliphatic carbocycles. The molecule has 1 heterocycles. The van der Waals surface area contributed by atoms with Gasteiger partial charge >= 0.3 is 0 Å². The van der Waals surface area contributed by atoms with Gasteiger partial charge in [0, 0.05) is 19.0 Å². The first-order valence-corrected chi connectivity index (χ1v) is 6.88. The Morgan fingerprint density at radius 1 is 1.29 bits per heavy atom. The standard InChI is InChI=1S/C13H21N3O/c1-2-6-13(7-3-1)8-4-11(13)14-9-5-12-15-10-17-16-12/h10-11,14H,1-9H2. The van der Waals surface area contributed by atoms with E-state index in [9.17, 15) is 0 Å². The van der Waals surface area contributed by atoms with Gasteiger partial charge < -0.3 is 9.84 Å². The summed E-state index contributed by atoms with van der Waals surface area (Å²) in [5.41, 5.74) is 0.648. The molecule has 2 fully saturated rings. The quantitative estimate of drug-likeness (QED) is 0.870. The van der Waals surface area contributed by atoms with Crippen molar-refractivity contribution in [2.75, 3.05) is 6.54 Å². The van der Waals surface area contributed by atoms with Crippen molar-refractivity contribution in [2.24, 2.45) is 5.41 Å². The third kappa shape index (κ3) is 2.23. The summed E-state index contributed by atoms with van der Waals surface area (Å²) in [4.78, 5) is 4.04. The first-order valence-electron chi connectivity index (χ1n) is 6.88. The fraction of sp³-hybridized carbons (Fsp3) is 0.846. The Kier molecular flexibility index (Phi) is 3.14. The number of aromatic nitrogens is 2. The predicted molar refractivity (Wildman–Crippen MR) is 64.5 cm³/mol. The first kappa shape index (κ1) is 11.2. The zero-order chi connectivity index (χ0) is 11.6. The van der Waals surface area contributed by atoms with Crippen molar-refractivity contribution in [3.8, 4) is 0 Å². The molecular weight excluding hydrogens is 214 g/mol. The smallest absolute Gasteiger partial charge is 0.213 e. The highest BCUT2D eigenvalue weighted by atomic mass is 16.5. The molecule has 17 heavy (non-hydrogen) atoms. The lowest BCUT2D eigenvalue weighted by atomic mass is 9.57. The maximum Gasteiger partial charge on any atom is 0.213 e. The van der Waals surface area contributed by atoms with Gasteiger partial charge in [-0.15, -0.1) is 0 Å². The van der Waals surface area contributed by atoms with Gasteiger partial charge in [-0.05, 0) is 31.1 Å². The number of nitrogens with one attached hydrogen (secondary N) is 1. The normalized spacial score (nSPS) is 26.9. The van der Waals surface area contributed by atoms with Crippen LogP contribution in [0.1, 0.15) is 50.8 Å². The zero-order valence-corrected chi connectivity index (χ0v) is 10.3. The number of hydrogen-bond donors (Lipinski definition) is 1. The summed E-state index contributed by atoms with van der Waals surface area (Å²) >= 11 is 0.